The molecule has 2 atom stereocenters. The SMILES string of the molecule is CC[C@@H](C)[C@H](NC(=O)c1cccc([N+](=O)[O-])c1)c1nc(-c2cc(OC)c(OC)c(OC)c2)no1. The van der Waals surface area contributed by atoms with Crippen LogP contribution in [-0.4, -0.2) is 42.3 Å². The van der Waals surface area contributed by atoms with Gasteiger partial charge in [0.05, 0.1) is 26.3 Å². The molecule has 34 heavy (non-hydrogen) atoms. The van der Waals surface area contributed by atoms with E-state index in [0.717, 1.165) is 0 Å². The molecule has 1 N–H and O–H groups in total. The predicted octanol–water partition coefficient (Wildman–Crippen LogP) is 4.19. The summed E-state index contributed by atoms with van der Waals surface area (Å²) in [5.41, 5.74) is 0.555. The van der Waals surface area contributed by atoms with Crippen LogP contribution >= 0.6 is 0 Å². The molecule has 11 nitrogen and oxygen atoms in total. The highest BCUT2D eigenvalue weighted by atomic mass is 16.6. The molecule has 0 radical (unpaired) electrons. The minimum absolute atomic E-state index is 0.0594. The molecular weight excluding hydrogens is 444 g/mol. The molecule has 1 amide bonds. The van der Waals surface area contributed by atoms with E-state index < -0.39 is 16.9 Å². The van der Waals surface area contributed by atoms with Crippen molar-refractivity contribution < 1.29 is 28.5 Å². The van der Waals surface area contributed by atoms with Crippen LogP contribution in [0.25, 0.3) is 11.4 Å². The lowest BCUT2D eigenvalue weighted by molar-refractivity contribution is -0.384. The molecule has 1 aromatic heterocycles. The van der Waals surface area contributed by atoms with E-state index in [1.54, 1.807) is 12.1 Å². The zero-order valence-corrected chi connectivity index (χ0v) is 19.5. The van der Waals surface area contributed by atoms with Crippen molar-refractivity contribution in [3.63, 3.8) is 0 Å². The molecule has 0 unspecified atom stereocenters. The number of nitro benzene ring substituents is 1. The van der Waals surface area contributed by atoms with E-state index in [9.17, 15) is 14.9 Å². The van der Waals surface area contributed by atoms with Crippen molar-refractivity contribution in [3.8, 4) is 28.6 Å². The summed E-state index contributed by atoms with van der Waals surface area (Å²) in [4.78, 5) is 27.9. The molecule has 0 aliphatic heterocycles. The van der Waals surface area contributed by atoms with Gasteiger partial charge in [-0.05, 0) is 24.1 Å². The lowest BCUT2D eigenvalue weighted by atomic mass is 9.98. The number of nitro groups is 1. The third-order valence-electron chi connectivity index (χ3n) is 5.45. The largest absolute Gasteiger partial charge is 0.493 e. The summed E-state index contributed by atoms with van der Waals surface area (Å²) in [5, 5.41) is 18.0. The first-order chi connectivity index (χ1) is 16.3. The summed E-state index contributed by atoms with van der Waals surface area (Å²) in [6.45, 7) is 3.90. The van der Waals surface area contributed by atoms with Gasteiger partial charge in [-0.25, -0.2) is 0 Å². The molecule has 3 rings (SSSR count). The molecule has 0 spiro atoms. The maximum Gasteiger partial charge on any atom is 0.270 e. The fourth-order valence-electron chi connectivity index (χ4n) is 3.36. The van der Waals surface area contributed by atoms with Crippen LogP contribution in [0.2, 0.25) is 0 Å². The Balaban J connectivity index is 1.93. The van der Waals surface area contributed by atoms with Crippen LogP contribution in [0.3, 0.4) is 0 Å². The summed E-state index contributed by atoms with van der Waals surface area (Å²) in [5.74, 6) is 1.22. The van der Waals surface area contributed by atoms with Gasteiger partial charge in [0.1, 0.15) is 6.04 Å². The van der Waals surface area contributed by atoms with E-state index in [-0.39, 0.29) is 28.9 Å². The average Bonchev–Trinajstić information content (AvgIpc) is 3.35. The summed E-state index contributed by atoms with van der Waals surface area (Å²) < 4.78 is 21.6. The lowest BCUT2D eigenvalue weighted by Gasteiger charge is -2.20. The molecule has 1 heterocycles. The van der Waals surface area contributed by atoms with Crippen LogP contribution in [-0.2, 0) is 0 Å². The zero-order valence-electron chi connectivity index (χ0n) is 19.5. The number of benzene rings is 2. The zero-order chi connectivity index (χ0) is 24.8. The van der Waals surface area contributed by atoms with E-state index in [0.29, 0.717) is 29.2 Å². The second-order valence-corrected chi connectivity index (χ2v) is 7.51. The van der Waals surface area contributed by atoms with Gasteiger partial charge in [0, 0.05) is 23.3 Å². The number of aromatic nitrogens is 2. The molecule has 11 heteroatoms. The Kier molecular flexibility index (Phi) is 7.67. The van der Waals surface area contributed by atoms with Gasteiger partial charge >= 0.3 is 0 Å². The molecule has 0 bridgehead atoms. The standard InChI is InChI=1S/C23H26N4O7/c1-6-13(2)19(24-22(28)14-8-7-9-16(10-14)27(29)30)23-25-21(26-34-23)15-11-17(31-3)20(33-5)18(12-15)32-4/h7-13,19H,6H2,1-5H3,(H,24,28)/t13-,19+/m1/s1. The Morgan fingerprint density at radius 3 is 2.38 bits per heavy atom. The second kappa shape index (κ2) is 10.6. The number of carbonyl (C=O) groups excluding carboxylic acids is 1. The van der Waals surface area contributed by atoms with Crippen molar-refractivity contribution in [1.82, 2.24) is 15.5 Å². The minimum Gasteiger partial charge on any atom is -0.493 e. The van der Waals surface area contributed by atoms with Crippen LogP contribution in [0, 0.1) is 16.0 Å². The molecule has 0 saturated carbocycles. The molecule has 0 saturated heterocycles. The third-order valence-corrected chi connectivity index (χ3v) is 5.45. The lowest BCUT2D eigenvalue weighted by Crippen LogP contribution is -2.32. The fourth-order valence-corrected chi connectivity index (χ4v) is 3.36. The molecule has 0 aliphatic rings. The van der Waals surface area contributed by atoms with E-state index >= 15 is 0 Å². The summed E-state index contributed by atoms with van der Waals surface area (Å²) in [6.07, 6.45) is 0.710. The normalized spacial score (nSPS) is 12.5. The number of amides is 1. The van der Waals surface area contributed by atoms with Crippen LogP contribution in [0.15, 0.2) is 40.9 Å². The Morgan fingerprint density at radius 2 is 1.82 bits per heavy atom. The van der Waals surface area contributed by atoms with Crippen molar-refractivity contribution in [2.75, 3.05) is 21.3 Å². The monoisotopic (exact) mass is 470 g/mol. The maximum atomic E-state index is 12.9. The number of methoxy groups -OCH3 is 3. The van der Waals surface area contributed by atoms with Crippen LogP contribution < -0.4 is 19.5 Å². The number of hydrogen-bond donors (Lipinski definition) is 1. The maximum absolute atomic E-state index is 12.9. The molecule has 180 valence electrons. The van der Waals surface area contributed by atoms with E-state index in [1.807, 2.05) is 13.8 Å². The highest BCUT2D eigenvalue weighted by Crippen LogP contribution is 2.40. The predicted molar refractivity (Wildman–Crippen MR) is 122 cm³/mol. The molecule has 0 fully saturated rings. The Morgan fingerprint density at radius 1 is 1.15 bits per heavy atom. The Hall–Kier alpha value is -4.15. The summed E-state index contributed by atoms with van der Waals surface area (Å²) in [6, 6.07) is 8.28. The highest BCUT2D eigenvalue weighted by molar-refractivity contribution is 5.95. The number of nitrogens with zero attached hydrogens (tertiary/aromatic N) is 3. The van der Waals surface area contributed by atoms with Crippen LogP contribution in [0.5, 0.6) is 17.2 Å². The molecule has 3 aromatic rings. The number of non-ortho nitro benzene ring substituents is 1. The van der Waals surface area contributed by atoms with Crippen LogP contribution in [0.4, 0.5) is 5.69 Å². The quantitative estimate of drug-likeness (QED) is 0.341. The first-order valence-electron chi connectivity index (χ1n) is 10.5. The van der Waals surface area contributed by atoms with Gasteiger partial charge in [-0.1, -0.05) is 31.5 Å². The Labute approximate surface area is 196 Å². The second-order valence-electron chi connectivity index (χ2n) is 7.51. The molecule has 2 aromatic carbocycles. The number of carbonyl (C=O) groups is 1. The van der Waals surface area contributed by atoms with E-state index in [1.165, 1.54) is 45.6 Å². The molecule has 0 aliphatic carbocycles. The average molecular weight is 470 g/mol. The first kappa shape index (κ1) is 24.5. The van der Waals surface area contributed by atoms with Crippen molar-refractivity contribution in [3.05, 3.63) is 58.0 Å². The number of nitrogens with one attached hydrogen (secondary N) is 1. The fraction of sp³-hybridized carbons (Fsp3) is 0.348. The third kappa shape index (κ3) is 5.08. The molecular formula is C23H26N4O7. The van der Waals surface area contributed by atoms with Crippen molar-refractivity contribution in [2.24, 2.45) is 5.92 Å². The van der Waals surface area contributed by atoms with Gasteiger partial charge in [0.2, 0.25) is 17.5 Å². The van der Waals surface area contributed by atoms with Crippen molar-refractivity contribution in [1.29, 1.82) is 0 Å². The Bertz CT molecular complexity index is 1150. The van der Waals surface area contributed by atoms with Crippen molar-refractivity contribution in [2.45, 2.75) is 26.3 Å². The summed E-state index contributed by atoms with van der Waals surface area (Å²) >= 11 is 0. The van der Waals surface area contributed by atoms with Gasteiger partial charge in [-0.2, -0.15) is 4.98 Å². The van der Waals surface area contributed by atoms with Gasteiger partial charge < -0.3 is 24.1 Å². The number of ether oxygens (including phenoxy) is 3. The highest BCUT2D eigenvalue weighted by Gasteiger charge is 2.28. The van der Waals surface area contributed by atoms with E-state index in [2.05, 4.69) is 15.5 Å². The number of rotatable bonds is 10. The summed E-state index contributed by atoms with van der Waals surface area (Å²) in [7, 11) is 4.52. The van der Waals surface area contributed by atoms with Crippen molar-refractivity contribution >= 4 is 11.6 Å². The van der Waals surface area contributed by atoms with Gasteiger partial charge in [0.25, 0.3) is 11.6 Å². The van der Waals surface area contributed by atoms with Gasteiger partial charge in [-0.15, -0.1) is 0 Å². The smallest absolute Gasteiger partial charge is 0.270 e. The van der Waals surface area contributed by atoms with E-state index in [4.69, 9.17) is 18.7 Å². The van der Waals surface area contributed by atoms with Gasteiger partial charge in [0.15, 0.2) is 11.5 Å². The van der Waals surface area contributed by atoms with Crippen LogP contribution in [0.1, 0.15) is 42.6 Å². The minimum atomic E-state index is -0.611. The first-order valence-corrected chi connectivity index (χ1v) is 10.5. The number of hydrogen-bond acceptors (Lipinski definition) is 9. The topological polar surface area (TPSA) is 139 Å². The van der Waals surface area contributed by atoms with Gasteiger partial charge in [-0.3, -0.25) is 14.9 Å².